The van der Waals surface area contributed by atoms with Crippen molar-refractivity contribution in [2.24, 2.45) is 4.99 Å². The summed E-state index contributed by atoms with van der Waals surface area (Å²) in [6.07, 6.45) is 1.62. The lowest BCUT2D eigenvalue weighted by Gasteiger charge is -2.24. The number of ether oxygens (including phenoxy) is 1. The number of nitrogens with zero attached hydrogens (tertiary/aromatic N) is 2. The molecule has 0 saturated heterocycles. The molecule has 0 fully saturated rings. The van der Waals surface area contributed by atoms with Gasteiger partial charge in [-0.25, -0.2) is 14.6 Å². The van der Waals surface area contributed by atoms with E-state index in [1.807, 2.05) is 6.92 Å². The molecular formula is C29H23ClN2O6S. The molecule has 0 bridgehead atoms. The third-order valence-corrected chi connectivity index (χ3v) is 7.59. The van der Waals surface area contributed by atoms with Crippen molar-refractivity contribution in [2.75, 3.05) is 6.61 Å². The van der Waals surface area contributed by atoms with Crippen molar-refractivity contribution in [1.82, 2.24) is 4.57 Å². The summed E-state index contributed by atoms with van der Waals surface area (Å²) < 4.78 is 13.2. The Labute approximate surface area is 231 Å². The third-order valence-electron chi connectivity index (χ3n) is 6.35. The zero-order chi connectivity index (χ0) is 27.8. The van der Waals surface area contributed by atoms with E-state index in [1.165, 1.54) is 22.0 Å². The lowest BCUT2D eigenvalue weighted by Crippen LogP contribution is -2.39. The van der Waals surface area contributed by atoms with Crippen LogP contribution in [-0.4, -0.2) is 28.2 Å². The highest BCUT2D eigenvalue weighted by Crippen LogP contribution is 2.31. The molecule has 0 spiro atoms. The number of furan rings is 1. The van der Waals surface area contributed by atoms with Gasteiger partial charge in [-0.05, 0) is 68.3 Å². The predicted octanol–water partition coefficient (Wildman–Crippen LogP) is 4.72. The van der Waals surface area contributed by atoms with E-state index in [9.17, 15) is 19.5 Å². The van der Waals surface area contributed by atoms with Crippen molar-refractivity contribution in [3.8, 4) is 11.3 Å². The molecule has 0 unspecified atom stereocenters. The standard InChI is InChI=1S/C29H23ClN2O6S/c1-4-37-28(36)24-16(3)31-29-32(25(24)17-7-9-19(30)10-8-17)26(33)23(39-29)14-20-11-12-22(38-20)21-13-18(27(34)35)6-5-15(21)2/h5-14,25H,4H2,1-3H3,(H,34,35)/b23-14-/t25-/m1/s1. The van der Waals surface area contributed by atoms with Gasteiger partial charge >= 0.3 is 11.9 Å². The average molecular weight is 563 g/mol. The summed E-state index contributed by atoms with van der Waals surface area (Å²) >= 11 is 7.28. The van der Waals surface area contributed by atoms with E-state index in [2.05, 4.69) is 4.99 Å². The van der Waals surface area contributed by atoms with Crippen molar-refractivity contribution in [3.05, 3.63) is 113 Å². The number of fused-ring (bicyclic) bond motifs is 1. The highest BCUT2D eigenvalue weighted by atomic mass is 35.5. The average Bonchev–Trinajstić information content (AvgIpc) is 3.48. The van der Waals surface area contributed by atoms with Gasteiger partial charge in [-0.15, -0.1) is 0 Å². The smallest absolute Gasteiger partial charge is 0.338 e. The van der Waals surface area contributed by atoms with E-state index in [1.54, 1.807) is 68.5 Å². The minimum absolute atomic E-state index is 0.150. The number of aromatic carboxylic acids is 1. The second-order valence-corrected chi connectivity index (χ2v) is 10.3. The highest BCUT2D eigenvalue weighted by Gasteiger charge is 2.33. The molecule has 1 N–H and O–H groups in total. The molecule has 4 aromatic rings. The minimum Gasteiger partial charge on any atom is -0.478 e. The predicted molar refractivity (Wildman–Crippen MR) is 148 cm³/mol. The van der Waals surface area contributed by atoms with Crippen molar-refractivity contribution in [3.63, 3.8) is 0 Å². The number of benzene rings is 2. The second-order valence-electron chi connectivity index (χ2n) is 8.89. The molecule has 2 aromatic carbocycles. The number of carbonyl (C=O) groups excluding carboxylic acids is 1. The zero-order valence-corrected chi connectivity index (χ0v) is 22.8. The Hall–Kier alpha value is -4.21. The molecule has 8 nitrogen and oxygen atoms in total. The van der Waals surface area contributed by atoms with Gasteiger partial charge in [0.15, 0.2) is 4.80 Å². The lowest BCUT2D eigenvalue weighted by atomic mass is 9.96. The van der Waals surface area contributed by atoms with Gasteiger partial charge in [0, 0.05) is 16.7 Å². The maximum atomic E-state index is 13.7. The molecule has 1 aliphatic heterocycles. The summed E-state index contributed by atoms with van der Waals surface area (Å²) in [5, 5.41) is 9.89. The van der Waals surface area contributed by atoms with E-state index in [-0.39, 0.29) is 23.3 Å². The first-order valence-electron chi connectivity index (χ1n) is 12.1. The largest absolute Gasteiger partial charge is 0.478 e. The van der Waals surface area contributed by atoms with Gasteiger partial charge in [0.05, 0.1) is 34.0 Å². The van der Waals surface area contributed by atoms with Gasteiger partial charge in [0.25, 0.3) is 5.56 Å². The van der Waals surface area contributed by atoms with Gasteiger partial charge < -0.3 is 14.3 Å². The maximum absolute atomic E-state index is 13.7. The summed E-state index contributed by atoms with van der Waals surface area (Å²) in [6, 6.07) is 14.5. The first-order chi connectivity index (χ1) is 18.7. The molecule has 3 heterocycles. The number of carbonyl (C=O) groups is 2. The van der Waals surface area contributed by atoms with E-state index < -0.39 is 18.0 Å². The molecular weight excluding hydrogens is 540 g/mol. The van der Waals surface area contributed by atoms with Gasteiger partial charge in [0.1, 0.15) is 11.5 Å². The Balaban J connectivity index is 1.62. The molecule has 0 amide bonds. The number of allylic oxidation sites excluding steroid dienone is 1. The van der Waals surface area contributed by atoms with Crippen molar-refractivity contribution in [1.29, 1.82) is 0 Å². The lowest BCUT2D eigenvalue weighted by molar-refractivity contribution is -0.139. The quantitative estimate of drug-likeness (QED) is 0.340. The van der Waals surface area contributed by atoms with Crippen LogP contribution in [0.4, 0.5) is 0 Å². The number of aromatic nitrogens is 1. The number of halogens is 1. The van der Waals surface area contributed by atoms with Crippen LogP contribution in [-0.2, 0) is 9.53 Å². The highest BCUT2D eigenvalue weighted by molar-refractivity contribution is 7.07. The van der Waals surface area contributed by atoms with Crippen LogP contribution in [0.5, 0.6) is 0 Å². The zero-order valence-electron chi connectivity index (χ0n) is 21.2. The minimum atomic E-state index is -1.03. The second kappa shape index (κ2) is 10.5. The fourth-order valence-corrected chi connectivity index (χ4v) is 5.63. The van der Waals surface area contributed by atoms with Crippen LogP contribution >= 0.6 is 22.9 Å². The number of rotatable bonds is 6. The molecule has 0 aliphatic carbocycles. The van der Waals surface area contributed by atoms with E-state index in [0.717, 1.165) is 5.56 Å². The van der Waals surface area contributed by atoms with Crippen LogP contribution in [0.15, 0.2) is 80.1 Å². The van der Waals surface area contributed by atoms with Gasteiger partial charge in [-0.3, -0.25) is 9.36 Å². The summed E-state index contributed by atoms with van der Waals surface area (Å²) in [4.78, 5) is 43.1. The van der Waals surface area contributed by atoms with Gasteiger partial charge in [-0.2, -0.15) is 0 Å². The number of carboxylic acid groups (broad SMARTS) is 1. The summed E-state index contributed by atoms with van der Waals surface area (Å²) in [7, 11) is 0. The number of hydrogen-bond donors (Lipinski definition) is 1. The van der Waals surface area contributed by atoms with Crippen LogP contribution in [0.2, 0.25) is 5.02 Å². The number of hydrogen-bond acceptors (Lipinski definition) is 7. The Bertz CT molecular complexity index is 1830. The molecule has 1 aliphatic rings. The fourth-order valence-electron chi connectivity index (χ4n) is 4.48. The van der Waals surface area contributed by atoms with Crippen LogP contribution in [0.25, 0.3) is 17.4 Å². The number of carboxylic acids is 1. The Kier molecular flexibility index (Phi) is 7.12. The van der Waals surface area contributed by atoms with E-state index in [4.69, 9.17) is 20.8 Å². The van der Waals surface area contributed by atoms with E-state index in [0.29, 0.717) is 42.7 Å². The monoisotopic (exact) mass is 562 g/mol. The fraction of sp³-hybridized carbons (Fsp3) is 0.172. The molecule has 0 radical (unpaired) electrons. The number of esters is 1. The molecule has 1 atom stereocenters. The molecule has 39 heavy (non-hydrogen) atoms. The molecule has 2 aromatic heterocycles. The summed E-state index contributed by atoms with van der Waals surface area (Å²) in [5.41, 5.74) is 2.76. The van der Waals surface area contributed by atoms with Crippen molar-refractivity contribution < 1.29 is 23.8 Å². The van der Waals surface area contributed by atoms with Gasteiger partial charge in [-0.1, -0.05) is 41.1 Å². The number of thiazole rings is 1. The first kappa shape index (κ1) is 26.4. The third kappa shape index (κ3) is 4.98. The van der Waals surface area contributed by atoms with E-state index >= 15 is 0 Å². The van der Waals surface area contributed by atoms with Crippen LogP contribution in [0.1, 0.15) is 47.1 Å². The molecule has 10 heteroatoms. The maximum Gasteiger partial charge on any atom is 0.338 e. The van der Waals surface area contributed by atoms with Crippen LogP contribution in [0.3, 0.4) is 0 Å². The Morgan fingerprint density at radius 2 is 1.90 bits per heavy atom. The molecule has 0 saturated carbocycles. The first-order valence-corrected chi connectivity index (χ1v) is 13.3. The molecule has 5 rings (SSSR count). The van der Waals surface area contributed by atoms with Crippen LogP contribution in [0, 0.1) is 6.92 Å². The topological polar surface area (TPSA) is 111 Å². The van der Waals surface area contributed by atoms with Crippen LogP contribution < -0.4 is 14.9 Å². The van der Waals surface area contributed by atoms with Crippen molar-refractivity contribution in [2.45, 2.75) is 26.8 Å². The SMILES string of the molecule is CCOC(=O)C1=C(C)N=c2s/c(=C\c3ccc(-c4cc(C(=O)O)ccc4C)o3)c(=O)n2[C@@H]1c1ccc(Cl)cc1. The Morgan fingerprint density at radius 1 is 1.15 bits per heavy atom. The number of aryl methyl sites for hydroxylation is 1. The van der Waals surface area contributed by atoms with Gasteiger partial charge in [0.2, 0.25) is 0 Å². The normalized spacial score (nSPS) is 15.2. The van der Waals surface area contributed by atoms with Crippen molar-refractivity contribution >= 4 is 41.0 Å². The molecule has 198 valence electrons. The summed E-state index contributed by atoms with van der Waals surface area (Å²) in [6.45, 7) is 5.49. The Morgan fingerprint density at radius 3 is 2.59 bits per heavy atom. The summed E-state index contributed by atoms with van der Waals surface area (Å²) in [5.74, 6) is -0.673.